The molecule has 0 bridgehead atoms. The average molecular weight is 325 g/mol. The molecule has 0 radical (unpaired) electrons. The van der Waals surface area contributed by atoms with Crippen molar-refractivity contribution in [2.75, 3.05) is 0 Å². The zero-order valence-corrected chi connectivity index (χ0v) is 12.5. The zero-order valence-electron chi connectivity index (χ0n) is 11.0. The quantitative estimate of drug-likeness (QED) is 0.797. The van der Waals surface area contributed by atoms with Crippen LogP contribution in [0.1, 0.15) is 28.4 Å². The summed E-state index contributed by atoms with van der Waals surface area (Å²) in [5.41, 5.74) is 0.275. The molecule has 108 valence electrons. The maximum Gasteiger partial charge on any atom is 0.197 e. The largest absolute Gasteiger partial charge is 0.506 e. The highest BCUT2D eigenvalue weighted by Gasteiger charge is 2.21. The third-order valence-corrected chi connectivity index (χ3v) is 3.78. The van der Waals surface area contributed by atoms with Crippen LogP contribution >= 0.6 is 23.2 Å². The van der Waals surface area contributed by atoms with Gasteiger partial charge in [-0.15, -0.1) is 0 Å². The topological polar surface area (TPSA) is 37.3 Å². The SMILES string of the molecule is C/C=C\c1cc(C(=O)c2ccccc2F)c(Cl)c(Cl)c1O. The first-order valence-corrected chi connectivity index (χ1v) is 6.85. The van der Waals surface area contributed by atoms with Crippen molar-refractivity contribution >= 4 is 35.1 Å². The summed E-state index contributed by atoms with van der Waals surface area (Å²) in [6.07, 6.45) is 3.26. The summed E-state index contributed by atoms with van der Waals surface area (Å²) < 4.78 is 13.7. The highest BCUT2D eigenvalue weighted by molar-refractivity contribution is 6.45. The molecule has 0 heterocycles. The molecular formula is C16H11Cl2FO2. The van der Waals surface area contributed by atoms with Gasteiger partial charge >= 0.3 is 0 Å². The number of carbonyl (C=O) groups is 1. The third kappa shape index (κ3) is 2.94. The number of rotatable bonds is 3. The van der Waals surface area contributed by atoms with E-state index in [-0.39, 0.29) is 26.9 Å². The molecule has 2 nitrogen and oxygen atoms in total. The molecule has 0 aliphatic carbocycles. The van der Waals surface area contributed by atoms with Gasteiger partial charge in [-0.05, 0) is 25.1 Å². The number of benzene rings is 2. The van der Waals surface area contributed by atoms with E-state index in [0.717, 1.165) is 0 Å². The monoisotopic (exact) mass is 324 g/mol. The Kier molecular flexibility index (Phi) is 4.66. The van der Waals surface area contributed by atoms with Gasteiger partial charge in [0.05, 0.1) is 10.6 Å². The van der Waals surface area contributed by atoms with E-state index in [1.165, 1.54) is 24.3 Å². The van der Waals surface area contributed by atoms with Crippen molar-refractivity contribution in [2.24, 2.45) is 0 Å². The van der Waals surface area contributed by atoms with Gasteiger partial charge in [-0.1, -0.05) is 47.5 Å². The van der Waals surface area contributed by atoms with Crippen LogP contribution in [0.2, 0.25) is 10.0 Å². The fraction of sp³-hybridized carbons (Fsp3) is 0.0625. The van der Waals surface area contributed by atoms with E-state index in [1.807, 2.05) is 0 Å². The van der Waals surface area contributed by atoms with Crippen LogP contribution in [0, 0.1) is 5.82 Å². The van der Waals surface area contributed by atoms with Crippen LogP contribution in [0.4, 0.5) is 4.39 Å². The second-order valence-electron chi connectivity index (χ2n) is 4.30. The van der Waals surface area contributed by atoms with E-state index in [2.05, 4.69) is 0 Å². The van der Waals surface area contributed by atoms with Crippen LogP contribution in [0.5, 0.6) is 5.75 Å². The number of allylic oxidation sites excluding steroid dienone is 1. The molecule has 5 heteroatoms. The minimum absolute atomic E-state index is 0.0395. The summed E-state index contributed by atoms with van der Waals surface area (Å²) in [7, 11) is 0. The first kappa shape index (κ1) is 15.5. The molecule has 2 rings (SSSR count). The minimum Gasteiger partial charge on any atom is -0.506 e. The van der Waals surface area contributed by atoms with Crippen molar-refractivity contribution in [1.82, 2.24) is 0 Å². The second-order valence-corrected chi connectivity index (χ2v) is 5.05. The van der Waals surface area contributed by atoms with Crippen molar-refractivity contribution in [3.8, 4) is 5.75 Å². The molecule has 0 spiro atoms. The Morgan fingerprint density at radius 2 is 1.86 bits per heavy atom. The Hall–Kier alpha value is -1.84. The number of aromatic hydroxyl groups is 1. The maximum atomic E-state index is 13.7. The van der Waals surface area contributed by atoms with Gasteiger partial charge in [0.1, 0.15) is 16.6 Å². The summed E-state index contributed by atoms with van der Waals surface area (Å²) in [5, 5.41) is 9.65. The van der Waals surface area contributed by atoms with Crippen LogP contribution in [-0.2, 0) is 0 Å². The van der Waals surface area contributed by atoms with E-state index in [4.69, 9.17) is 23.2 Å². The van der Waals surface area contributed by atoms with Gasteiger partial charge in [-0.25, -0.2) is 4.39 Å². The van der Waals surface area contributed by atoms with Gasteiger partial charge in [0, 0.05) is 11.1 Å². The molecule has 0 aliphatic heterocycles. The molecule has 0 saturated carbocycles. The fourth-order valence-corrected chi connectivity index (χ4v) is 2.34. The number of hydrogen-bond acceptors (Lipinski definition) is 2. The number of phenolic OH excluding ortho intramolecular Hbond substituents is 1. The van der Waals surface area contributed by atoms with Crippen molar-refractivity contribution in [2.45, 2.75) is 6.92 Å². The number of halogens is 3. The normalized spacial score (nSPS) is 11.0. The molecule has 0 atom stereocenters. The van der Waals surface area contributed by atoms with Crippen LogP contribution in [0.15, 0.2) is 36.4 Å². The lowest BCUT2D eigenvalue weighted by atomic mass is 10.00. The Bertz CT molecular complexity index is 739. The fourth-order valence-electron chi connectivity index (χ4n) is 1.90. The Labute approximate surface area is 131 Å². The summed E-state index contributed by atoms with van der Waals surface area (Å²) in [4.78, 5) is 12.4. The predicted octanol–water partition coefficient (Wildman–Crippen LogP) is 5.10. The molecule has 2 aromatic rings. The molecule has 0 amide bonds. The van der Waals surface area contributed by atoms with Crippen LogP contribution in [0.25, 0.3) is 6.08 Å². The molecule has 0 unspecified atom stereocenters. The number of hydrogen-bond donors (Lipinski definition) is 1. The van der Waals surface area contributed by atoms with Crippen molar-refractivity contribution in [3.05, 3.63) is 69.0 Å². The van der Waals surface area contributed by atoms with Crippen molar-refractivity contribution in [3.63, 3.8) is 0 Å². The smallest absolute Gasteiger partial charge is 0.197 e. The molecular weight excluding hydrogens is 314 g/mol. The van der Waals surface area contributed by atoms with Gasteiger partial charge in [-0.3, -0.25) is 4.79 Å². The Balaban J connectivity index is 2.64. The second kappa shape index (κ2) is 6.29. The molecule has 0 saturated heterocycles. The number of carbonyl (C=O) groups excluding carboxylic acids is 1. The first-order valence-electron chi connectivity index (χ1n) is 6.10. The standard InChI is InChI=1S/C16H11Cl2FO2/c1-2-5-9-8-11(13(17)14(18)15(9)20)16(21)10-6-3-4-7-12(10)19/h2-8,20H,1H3/b5-2-. The van der Waals surface area contributed by atoms with E-state index in [9.17, 15) is 14.3 Å². The Morgan fingerprint density at radius 3 is 2.48 bits per heavy atom. The average Bonchev–Trinajstić information content (AvgIpc) is 2.48. The van der Waals surface area contributed by atoms with Crippen molar-refractivity contribution in [1.29, 1.82) is 0 Å². The zero-order chi connectivity index (χ0) is 15.6. The molecule has 0 aliphatic rings. The van der Waals surface area contributed by atoms with Crippen molar-refractivity contribution < 1.29 is 14.3 Å². The van der Waals surface area contributed by atoms with Gasteiger partial charge in [0.15, 0.2) is 5.78 Å². The molecule has 0 aromatic heterocycles. The summed E-state index contributed by atoms with van der Waals surface area (Å²) in [6.45, 7) is 1.75. The van der Waals surface area contributed by atoms with Gasteiger partial charge in [-0.2, -0.15) is 0 Å². The molecule has 21 heavy (non-hydrogen) atoms. The lowest BCUT2D eigenvalue weighted by molar-refractivity contribution is 0.103. The Morgan fingerprint density at radius 1 is 1.19 bits per heavy atom. The summed E-state index contributed by atoms with van der Waals surface area (Å²) in [6, 6.07) is 6.99. The lowest BCUT2D eigenvalue weighted by Gasteiger charge is -2.10. The lowest BCUT2D eigenvalue weighted by Crippen LogP contribution is -2.05. The van der Waals surface area contributed by atoms with E-state index in [1.54, 1.807) is 25.1 Å². The van der Waals surface area contributed by atoms with Crippen LogP contribution in [-0.4, -0.2) is 10.9 Å². The molecule has 0 fully saturated rings. The highest BCUT2D eigenvalue weighted by atomic mass is 35.5. The van der Waals surface area contributed by atoms with E-state index in [0.29, 0.717) is 5.56 Å². The van der Waals surface area contributed by atoms with Crippen LogP contribution < -0.4 is 0 Å². The summed E-state index contributed by atoms with van der Waals surface area (Å²) >= 11 is 11.9. The first-order chi connectivity index (χ1) is 9.97. The van der Waals surface area contributed by atoms with Gasteiger partial charge in [0.2, 0.25) is 0 Å². The molecule has 2 aromatic carbocycles. The highest BCUT2D eigenvalue weighted by Crippen LogP contribution is 2.38. The molecule has 1 N–H and O–H groups in total. The van der Waals surface area contributed by atoms with E-state index < -0.39 is 11.6 Å². The van der Waals surface area contributed by atoms with E-state index >= 15 is 0 Å². The van der Waals surface area contributed by atoms with Gasteiger partial charge in [0.25, 0.3) is 0 Å². The summed E-state index contributed by atoms with van der Waals surface area (Å²) in [5.74, 6) is -1.45. The minimum atomic E-state index is -0.643. The third-order valence-electron chi connectivity index (χ3n) is 2.92. The number of ketones is 1. The number of phenols is 1. The maximum absolute atomic E-state index is 13.7. The van der Waals surface area contributed by atoms with Gasteiger partial charge < -0.3 is 5.11 Å². The van der Waals surface area contributed by atoms with Crippen LogP contribution in [0.3, 0.4) is 0 Å². The predicted molar refractivity (Wildman–Crippen MR) is 82.7 cm³/mol.